The van der Waals surface area contributed by atoms with E-state index in [0.29, 0.717) is 33.4 Å². The number of hydrogen-bond donors (Lipinski definition) is 2. The molecule has 0 unspecified atom stereocenters. The van der Waals surface area contributed by atoms with Crippen LogP contribution in [0.1, 0.15) is 10.4 Å². The fourth-order valence-corrected chi connectivity index (χ4v) is 3.41. The summed E-state index contributed by atoms with van der Waals surface area (Å²) in [6, 6.07) is 13.2. The van der Waals surface area contributed by atoms with Crippen molar-refractivity contribution in [2.45, 2.75) is 0 Å². The number of methoxy groups -OCH3 is 1. The van der Waals surface area contributed by atoms with Crippen LogP contribution < -0.4 is 15.7 Å². The Morgan fingerprint density at radius 3 is 2.68 bits per heavy atom. The molecule has 0 radical (unpaired) electrons. The molecule has 2 aromatic carbocycles. The van der Waals surface area contributed by atoms with Crippen LogP contribution in [0.5, 0.6) is 5.75 Å². The molecule has 28 heavy (non-hydrogen) atoms. The van der Waals surface area contributed by atoms with E-state index >= 15 is 0 Å². The van der Waals surface area contributed by atoms with Gasteiger partial charge in [0.15, 0.2) is 5.13 Å². The second kappa shape index (κ2) is 7.16. The zero-order valence-electron chi connectivity index (χ0n) is 14.6. The number of anilines is 2. The number of nitrogens with zero attached hydrogens (tertiary/aromatic N) is 1. The van der Waals surface area contributed by atoms with Crippen molar-refractivity contribution in [3.8, 4) is 17.0 Å². The summed E-state index contributed by atoms with van der Waals surface area (Å²) < 4.78 is 10.6. The molecule has 4 aromatic rings. The molecule has 8 heteroatoms. The molecule has 0 aliphatic carbocycles. The zero-order valence-corrected chi connectivity index (χ0v) is 15.4. The van der Waals surface area contributed by atoms with Crippen LogP contribution in [0, 0.1) is 0 Å². The summed E-state index contributed by atoms with van der Waals surface area (Å²) >= 11 is 1.33. The molecule has 0 amide bonds. The molecule has 0 fully saturated rings. The normalized spacial score (nSPS) is 10.8. The van der Waals surface area contributed by atoms with Crippen LogP contribution in [0.2, 0.25) is 0 Å². The van der Waals surface area contributed by atoms with Gasteiger partial charge in [-0.2, -0.15) is 0 Å². The minimum atomic E-state index is -0.984. The van der Waals surface area contributed by atoms with Crippen LogP contribution in [0.25, 0.3) is 22.2 Å². The van der Waals surface area contributed by atoms with Gasteiger partial charge in [-0.15, -0.1) is 11.3 Å². The molecule has 0 atom stereocenters. The van der Waals surface area contributed by atoms with Crippen LogP contribution in [0.15, 0.2) is 63.1 Å². The van der Waals surface area contributed by atoms with Crippen molar-refractivity contribution in [1.29, 1.82) is 0 Å². The number of carboxylic acids is 1. The molecule has 2 N–H and O–H groups in total. The first kappa shape index (κ1) is 17.7. The van der Waals surface area contributed by atoms with Gasteiger partial charge in [0.1, 0.15) is 11.3 Å². The lowest BCUT2D eigenvalue weighted by Gasteiger charge is -2.04. The van der Waals surface area contributed by atoms with Gasteiger partial charge in [-0.1, -0.05) is 0 Å². The zero-order chi connectivity index (χ0) is 19.7. The second-order valence-corrected chi connectivity index (χ2v) is 6.75. The fourth-order valence-electron chi connectivity index (χ4n) is 2.68. The summed E-state index contributed by atoms with van der Waals surface area (Å²) in [6.07, 6.45) is 0. The average molecular weight is 394 g/mol. The number of fused-ring (bicyclic) bond motifs is 1. The molecular formula is C20H14N2O5S. The molecule has 0 aliphatic rings. The Hall–Kier alpha value is -3.65. The molecule has 7 nitrogen and oxygen atoms in total. The standard InChI is InChI=1S/C20H14N2O5S/c1-26-14-6-7-17-12(8-14)9-15(19(25)27-17)16-10-28-20(22-16)21-13-4-2-11(3-5-13)18(23)24/h2-10H,1H3,(H,21,22)(H,23,24). The number of carbonyl (C=O) groups is 1. The molecule has 0 aliphatic heterocycles. The first-order valence-electron chi connectivity index (χ1n) is 8.21. The molecule has 0 saturated heterocycles. The molecule has 2 aromatic heterocycles. The van der Waals surface area contributed by atoms with Crippen molar-refractivity contribution in [3.63, 3.8) is 0 Å². The number of carboxylic acid groups (broad SMARTS) is 1. The summed E-state index contributed by atoms with van der Waals surface area (Å²) in [4.78, 5) is 27.7. The summed E-state index contributed by atoms with van der Waals surface area (Å²) in [5.74, 6) is -0.319. The highest BCUT2D eigenvalue weighted by Gasteiger charge is 2.12. The van der Waals surface area contributed by atoms with E-state index in [9.17, 15) is 9.59 Å². The van der Waals surface area contributed by atoms with E-state index in [0.717, 1.165) is 5.39 Å². The van der Waals surface area contributed by atoms with E-state index in [1.54, 1.807) is 48.9 Å². The molecule has 0 bridgehead atoms. The van der Waals surface area contributed by atoms with E-state index in [2.05, 4.69) is 10.3 Å². The van der Waals surface area contributed by atoms with Crippen molar-refractivity contribution in [1.82, 2.24) is 4.98 Å². The largest absolute Gasteiger partial charge is 0.497 e. The highest BCUT2D eigenvalue weighted by atomic mass is 32.1. The van der Waals surface area contributed by atoms with Crippen molar-refractivity contribution in [2.75, 3.05) is 12.4 Å². The highest BCUT2D eigenvalue weighted by molar-refractivity contribution is 7.14. The molecule has 0 spiro atoms. The maximum atomic E-state index is 12.3. The third-order valence-corrected chi connectivity index (χ3v) is 4.86. The molecule has 4 rings (SSSR count). The van der Waals surface area contributed by atoms with Crippen molar-refractivity contribution < 1.29 is 19.1 Å². The number of ether oxygens (including phenoxy) is 1. The summed E-state index contributed by atoms with van der Waals surface area (Å²) in [6.45, 7) is 0. The lowest BCUT2D eigenvalue weighted by Crippen LogP contribution is -2.03. The van der Waals surface area contributed by atoms with Crippen molar-refractivity contribution in [2.24, 2.45) is 0 Å². The summed E-state index contributed by atoms with van der Waals surface area (Å²) in [5, 5.41) is 15.1. The monoisotopic (exact) mass is 394 g/mol. The number of thiazole rings is 1. The van der Waals surface area contributed by atoms with Gasteiger partial charge < -0.3 is 19.6 Å². The minimum absolute atomic E-state index is 0.203. The smallest absolute Gasteiger partial charge is 0.345 e. The van der Waals surface area contributed by atoms with E-state index in [4.69, 9.17) is 14.3 Å². The van der Waals surface area contributed by atoms with Crippen LogP contribution in [0.3, 0.4) is 0 Å². The van der Waals surface area contributed by atoms with Gasteiger partial charge in [-0.25, -0.2) is 14.6 Å². The molecule has 0 saturated carbocycles. The second-order valence-electron chi connectivity index (χ2n) is 5.90. The van der Waals surface area contributed by atoms with Crippen LogP contribution in [-0.4, -0.2) is 23.2 Å². The van der Waals surface area contributed by atoms with Gasteiger partial charge in [-0.05, 0) is 48.5 Å². The van der Waals surface area contributed by atoms with E-state index in [1.807, 2.05) is 0 Å². The molecule has 2 heterocycles. The Morgan fingerprint density at radius 1 is 1.18 bits per heavy atom. The summed E-state index contributed by atoms with van der Waals surface area (Å²) in [5.41, 5.74) is 1.75. The first-order chi connectivity index (χ1) is 13.5. The summed E-state index contributed by atoms with van der Waals surface area (Å²) in [7, 11) is 1.57. The number of aromatic nitrogens is 1. The Morgan fingerprint density at radius 2 is 1.96 bits per heavy atom. The quantitative estimate of drug-likeness (QED) is 0.485. The Labute approximate surface area is 162 Å². The minimum Gasteiger partial charge on any atom is -0.497 e. The lowest BCUT2D eigenvalue weighted by atomic mass is 10.1. The third-order valence-electron chi connectivity index (χ3n) is 4.10. The van der Waals surface area contributed by atoms with E-state index in [-0.39, 0.29) is 5.56 Å². The fraction of sp³-hybridized carbons (Fsp3) is 0.0500. The van der Waals surface area contributed by atoms with Gasteiger partial charge in [0, 0.05) is 16.5 Å². The Kier molecular flexibility index (Phi) is 4.54. The topological polar surface area (TPSA) is 102 Å². The van der Waals surface area contributed by atoms with E-state index in [1.165, 1.54) is 23.5 Å². The first-order valence-corrected chi connectivity index (χ1v) is 9.09. The van der Waals surface area contributed by atoms with Crippen LogP contribution in [-0.2, 0) is 0 Å². The van der Waals surface area contributed by atoms with Crippen molar-refractivity contribution >= 4 is 39.1 Å². The van der Waals surface area contributed by atoms with Gasteiger partial charge in [0.05, 0.1) is 23.9 Å². The average Bonchev–Trinajstić information content (AvgIpc) is 3.15. The number of aromatic carboxylic acids is 1. The number of nitrogens with one attached hydrogen (secondary N) is 1. The maximum Gasteiger partial charge on any atom is 0.345 e. The van der Waals surface area contributed by atoms with E-state index < -0.39 is 11.6 Å². The number of rotatable bonds is 5. The van der Waals surface area contributed by atoms with Gasteiger partial charge in [-0.3, -0.25) is 0 Å². The van der Waals surface area contributed by atoms with Gasteiger partial charge >= 0.3 is 11.6 Å². The predicted octanol–water partition coefficient (Wildman–Crippen LogP) is 4.37. The Balaban J connectivity index is 1.64. The predicted molar refractivity (Wildman–Crippen MR) is 107 cm³/mol. The van der Waals surface area contributed by atoms with Crippen LogP contribution in [0.4, 0.5) is 10.8 Å². The van der Waals surface area contributed by atoms with Crippen LogP contribution >= 0.6 is 11.3 Å². The SMILES string of the molecule is COc1ccc2oc(=O)c(-c3csc(Nc4ccc(C(=O)O)cc4)n3)cc2c1. The molecular weight excluding hydrogens is 380 g/mol. The van der Waals surface area contributed by atoms with Gasteiger partial charge in [0.2, 0.25) is 0 Å². The third kappa shape index (κ3) is 3.45. The van der Waals surface area contributed by atoms with Gasteiger partial charge in [0.25, 0.3) is 0 Å². The van der Waals surface area contributed by atoms with Crippen molar-refractivity contribution in [3.05, 3.63) is 69.9 Å². The molecule has 140 valence electrons. The maximum absolute atomic E-state index is 12.3. The number of hydrogen-bond acceptors (Lipinski definition) is 7. The number of benzene rings is 2. The highest BCUT2D eigenvalue weighted by Crippen LogP contribution is 2.28. The lowest BCUT2D eigenvalue weighted by molar-refractivity contribution is 0.0697. The Bertz CT molecular complexity index is 1230.